The molecule has 3 nitrogen and oxygen atoms in total. The predicted molar refractivity (Wildman–Crippen MR) is 96.9 cm³/mol. The van der Waals surface area contributed by atoms with E-state index in [1.54, 1.807) is 6.08 Å². The fraction of sp³-hybridized carbons (Fsp3) is 0.556. The zero-order valence-electron chi connectivity index (χ0n) is 14.1. The number of ether oxygens (including phenoxy) is 2. The van der Waals surface area contributed by atoms with Crippen LogP contribution < -0.4 is 9.47 Å². The summed E-state index contributed by atoms with van der Waals surface area (Å²) < 4.78 is 12.0. The Labute approximate surface area is 149 Å². The topological polar surface area (TPSA) is 38.7 Å². The number of rotatable bonds is 10. The van der Waals surface area contributed by atoms with Crippen LogP contribution in [0.1, 0.15) is 44.7 Å². The number of hydrogen-bond acceptors (Lipinski definition) is 3. The lowest BCUT2D eigenvalue weighted by Gasteiger charge is -2.21. The number of halogens is 2. The first kappa shape index (κ1) is 20.1. The van der Waals surface area contributed by atoms with E-state index in [1.807, 2.05) is 19.1 Å². The van der Waals surface area contributed by atoms with E-state index < -0.39 is 0 Å². The third kappa shape index (κ3) is 7.03. The van der Waals surface area contributed by atoms with Gasteiger partial charge in [0.1, 0.15) is 22.6 Å². The van der Waals surface area contributed by atoms with Crippen LogP contribution in [0.5, 0.6) is 11.5 Å². The second kappa shape index (κ2) is 10.8. The first-order chi connectivity index (χ1) is 11.0. The molecule has 23 heavy (non-hydrogen) atoms. The molecule has 0 radical (unpaired) electrons. The minimum Gasteiger partial charge on any atom is -0.490 e. The summed E-state index contributed by atoms with van der Waals surface area (Å²) in [6.07, 6.45) is 4.98. The van der Waals surface area contributed by atoms with E-state index in [4.69, 9.17) is 37.8 Å². The summed E-state index contributed by atoms with van der Waals surface area (Å²) in [6, 6.07) is 4.01. The first-order valence-corrected chi connectivity index (χ1v) is 8.84. The Morgan fingerprint density at radius 1 is 1.22 bits per heavy atom. The van der Waals surface area contributed by atoms with Gasteiger partial charge in [-0.3, -0.25) is 0 Å². The Bertz CT molecular complexity index is 486. The highest BCUT2D eigenvalue weighted by Gasteiger charge is 2.14. The monoisotopic (exact) mass is 360 g/mol. The molecule has 0 aliphatic rings. The summed E-state index contributed by atoms with van der Waals surface area (Å²) in [5.41, 5.74) is 2.24. The molecule has 0 aliphatic heterocycles. The van der Waals surface area contributed by atoms with Gasteiger partial charge in [0, 0.05) is 6.61 Å². The molecular weight excluding hydrogens is 335 g/mol. The number of aliphatic hydroxyl groups is 1. The molecule has 0 spiro atoms. The number of aliphatic hydroxyl groups excluding tert-OH is 1. The van der Waals surface area contributed by atoms with E-state index in [2.05, 4.69) is 13.8 Å². The van der Waals surface area contributed by atoms with Gasteiger partial charge in [0.15, 0.2) is 0 Å². The number of hydrogen-bond donors (Lipinski definition) is 1. The maximum absolute atomic E-state index is 8.95. The van der Waals surface area contributed by atoms with Crippen molar-refractivity contribution in [3.8, 4) is 11.5 Å². The van der Waals surface area contributed by atoms with Crippen molar-refractivity contribution >= 4 is 23.2 Å². The lowest BCUT2D eigenvalue weighted by Crippen LogP contribution is -2.15. The molecule has 1 rings (SSSR count). The minimum atomic E-state index is 0.0718. The second-order valence-electron chi connectivity index (χ2n) is 5.38. The van der Waals surface area contributed by atoms with Gasteiger partial charge in [-0.1, -0.05) is 37.0 Å². The molecule has 0 bridgehead atoms. The predicted octanol–water partition coefficient (Wildman–Crippen LogP) is 5.05. The highest BCUT2D eigenvalue weighted by Crippen LogP contribution is 2.32. The molecule has 0 amide bonds. The Hall–Kier alpha value is -0.900. The summed E-state index contributed by atoms with van der Waals surface area (Å²) in [6.45, 7) is 6.75. The molecule has 5 heteroatoms. The molecule has 1 atom stereocenters. The number of aryl methyl sites for hydroxylation is 2. The van der Waals surface area contributed by atoms with Gasteiger partial charge in [0.2, 0.25) is 0 Å². The smallest absolute Gasteiger partial charge is 0.126 e. The summed E-state index contributed by atoms with van der Waals surface area (Å²) in [5, 5.41) is 8.95. The van der Waals surface area contributed by atoms with Crippen LogP contribution in [-0.4, -0.2) is 24.4 Å². The van der Waals surface area contributed by atoms with Crippen LogP contribution in [0.4, 0.5) is 0 Å². The van der Waals surface area contributed by atoms with Gasteiger partial charge in [-0.25, -0.2) is 0 Å². The van der Waals surface area contributed by atoms with Gasteiger partial charge in [-0.2, -0.15) is 0 Å². The van der Waals surface area contributed by atoms with Crippen LogP contribution in [0.25, 0.3) is 0 Å². The quantitative estimate of drug-likeness (QED) is 0.634. The molecule has 1 N–H and O–H groups in total. The third-order valence-corrected chi connectivity index (χ3v) is 3.86. The highest BCUT2D eigenvalue weighted by molar-refractivity contribution is 6.55. The van der Waals surface area contributed by atoms with Crippen LogP contribution in [-0.2, 0) is 12.8 Å². The van der Waals surface area contributed by atoms with Crippen LogP contribution in [0, 0.1) is 0 Å². The summed E-state index contributed by atoms with van der Waals surface area (Å²) in [5.74, 6) is 1.73. The van der Waals surface area contributed by atoms with Gasteiger partial charge >= 0.3 is 0 Å². The molecule has 130 valence electrons. The fourth-order valence-corrected chi connectivity index (χ4v) is 2.45. The van der Waals surface area contributed by atoms with Crippen molar-refractivity contribution in [1.82, 2.24) is 0 Å². The van der Waals surface area contributed by atoms with Crippen molar-refractivity contribution in [1.29, 1.82) is 0 Å². The maximum atomic E-state index is 8.95. The van der Waals surface area contributed by atoms with Gasteiger partial charge in [-0.05, 0) is 61.9 Å². The lowest BCUT2D eigenvalue weighted by molar-refractivity contribution is 0.186. The Kier molecular flexibility index (Phi) is 9.46. The zero-order chi connectivity index (χ0) is 17.2. The maximum Gasteiger partial charge on any atom is 0.126 e. The molecule has 0 saturated carbocycles. The molecular formula is C18H26Cl2O3. The van der Waals surface area contributed by atoms with Gasteiger partial charge in [-0.15, -0.1) is 0 Å². The van der Waals surface area contributed by atoms with Crippen LogP contribution in [0.15, 0.2) is 22.7 Å². The molecule has 1 aromatic carbocycles. The SMILES string of the molecule is CCc1cc(OCC=C(Cl)Cl)cc(CC)c1OC(C)CCCO. The highest BCUT2D eigenvalue weighted by atomic mass is 35.5. The van der Waals surface area contributed by atoms with Crippen molar-refractivity contribution in [2.24, 2.45) is 0 Å². The molecule has 0 aliphatic carbocycles. The molecule has 0 aromatic heterocycles. The van der Waals surface area contributed by atoms with Crippen molar-refractivity contribution in [3.05, 3.63) is 33.8 Å². The minimum absolute atomic E-state index is 0.0718. The summed E-state index contributed by atoms with van der Waals surface area (Å²) >= 11 is 11.2. The molecule has 0 fully saturated rings. The van der Waals surface area contributed by atoms with Crippen molar-refractivity contribution in [2.75, 3.05) is 13.2 Å². The zero-order valence-corrected chi connectivity index (χ0v) is 15.6. The van der Waals surface area contributed by atoms with Crippen LogP contribution >= 0.6 is 23.2 Å². The van der Waals surface area contributed by atoms with E-state index in [9.17, 15) is 0 Å². The Morgan fingerprint density at radius 2 is 1.83 bits per heavy atom. The van der Waals surface area contributed by atoms with Crippen LogP contribution in [0.2, 0.25) is 0 Å². The number of benzene rings is 1. The Morgan fingerprint density at radius 3 is 2.30 bits per heavy atom. The molecule has 0 heterocycles. The van der Waals surface area contributed by atoms with Crippen LogP contribution in [0.3, 0.4) is 0 Å². The molecule has 1 aromatic rings. The average molecular weight is 361 g/mol. The average Bonchev–Trinajstić information content (AvgIpc) is 2.53. The van der Waals surface area contributed by atoms with E-state index in [-0.39, 0.29) is 17.2 Å². The largest absolute Gasteiger partial charge is 0.490 e. The molecule has 1 unspecified atom stereocenters. The van der Waals surface area contributed by atoms with Crippen molar-refractivity contribution in [3.63, 3.8) is 0 Å². The third-order valence-electron chi connectivity index (χ3n) is 3.55. The standard InChI is InChI=1S/C18H26Cl2O3/c1-4-14-11-16(22-10-8-17(19)20)12-15(5-2)18(14)23-13(3)7-6-9-21/h8,11-13,21H,4-7,9-10H2,1-3H3. The second-order valence-corrected chi connectivity index (χ2v) is 6.38. The fourth-order valence-electron chi connectivity index (χ4n) is 2.32. The van der Waals surface area contributed by atoms with E-state index in [1.165, 1.54) is 0 Å². The lowest BCUT2D eigenvalue weighted by atomic mass is 10.0. The van der Waals surface area contributed by atoms with Gasteiger partial charge < -0.3 is 14.6 Å². The normalized spacial score (nSPS) is 11.9. The molecule has 0 saturated heterocycles. The van der Waals surface area contributed by atoms with Crippen molar-refractivity contribution < 1.29 is 14.6 Å². The summed E-state index contributed by atoms with van der Waals surface area (Å²) in [7, 11) is 0. The van der Waals surface area contributed by atoms with Gasteiger partial charge in [0.05, 0.1) is 6.10 Å². The van der Waals surface area contributed by atoms with E-state index in [0.29, 0.717) is 6.61 Å². The Balaban J connectivity index is 2.94. The van der Waals surface area contributed by atoms with E-state index >= 15 is 0 Å². The first-order valence-electron chi connectivity index (χ1n) is 8.09. The van der Waals surface area contributed by atoms with Crippen molar-refractivity contribution in [2.45, 2.75) is 52.6 Å². The van der Waals surface area contributed by atoms with E-state index in [0.717, 1.165) is 48.3 Å². The van der Waals surface area contributed by atoms with Gasteiger partial charge in [0.25, 0.3) is 0 Å². The summed E-state index contributed by atoms with van der Waals surface area (Å²) in [4.78, 5) is 0.